The topological polar surface area (TPSA) is 208 Å². The summed E-state index contributed by atoms with van der Waals surface area (Å²) in [6, 6.07) is 36.5. The van der Waals surface area contributed by atoms with Gasteiger partial charge in [-0.25, -0.2) is 0 Å². The molecule has 6 fully saturated rings. The Kier molecular flexibility index (Phi) is 18.1. The third-order valence-electron chi connectivity index (χ3n) is 19.9. The highest BCUT2D eigenvalue weighted by Crippen LogP contribution is 2.41. The first kappa shape index (κ1) is 61.8. The van der Waals surface area contributed by atoms with Crippen molar-refractivity contribution in [3.63, 3.8) is 0 Å². The van der Waals surface area contributed by atoms with Gasteiger partial charge in [-0.3, -0.25) is 29.1 Å². The minimum atomic E-state index is -0.295. The van der Waals surface area contributed by atoms with Gasteiger partial charge >= 0.3 is 0 Å². The number of aromatic nitrogens is 3. The second-order valence-electron chi connectivity index (χ2n) is 26.5. The van der Waals surface area contributed by atoms with E-state index >= 15 is 0 Å². The van der Waals surface area contributed by atoms with Crippen LogP contribution in [-0.4, -0.2) is 135 Å². The van der Waals surface area contributed by atoms with Gasteiger partial charge in [0.2, 0.25) is 0 Å². The SMILES string of the molecule is CCC(C)c1cc(C(=O)CN2C3CCC2[C@@H](O)C3)c(C)n1-c1ccc(C#N)cc1.Cc1c(C(=O)CN2C3CCC2[C@@H](O)C3)cc(C(C)(C)C)n1-c1ccc(C#N)cc1.Cc1c(C(=O)CN2C3CCC2[C@@H](O)C3)cc(C(C)C)n1-c1ccc(C#N)cc1. The van der Waals surface area contributed by atoms with Crippen molar-refractivity contribution >= 4 is 17.3 Å². The van der Waals surface area contributed by atoms with Gasteiger partial charge in [0.1, 0.15) is 0 Å². The molecule has 6 saturated heterocycles. The van der Waals surface area contributed by atoms with Crippen LogP contribution in [0, 0.1) is 54.8 Å². The second-order valence-corrected chi connectivity index (χ2v) is 26.5. The van der Waals surface area contributed by atoms with E-state index in [0.29, 0.717) is 60.4 Å². The van der Waals surface area contributed by atoms with E-state index in [4.69, 9.17) is 15.8 Å². The van der Waals surface area contributed by atoms with Crippen molar-refractivity contribution in [2.75, 3.05) is 19.6 Å². The standard InChI is InChI=1S/2C24H29N3O2.C23H27N3O2/c1-15-19(22(29)14-26-18-9-10-20(26)21(28)11-18)12-23(24(2,3)4)27(15)17-7-5-16(13-25)6-8-17;1-4-15(2)22-12-20(16(3)27(22)18-7-5-17(13-25)6-8-18)24(29)14-26-19-9-10-21(26)23(28)11-19;1-14(2)21-11-19(15(3)26(21)17-6-4-16(12-24)5-7-17)23(28)13-25-18-8-9-20(25)22(27)10-18/h5-8,12,18,20-21,28H,9-11,14H2,1-4H3;5-8,12,15,19,21,23,28H,4,9-11,14H2,1-3H3;4-7,11,14,18,20,22,27H,8-10,13H2,1-3H3/t18?,20?,21-;15?,19?,21?,23-;18?,20?,22-/m000/s1. The smallest absolute Gasteiger partial charge is 0.178 e. The van der Waals surface area contributed by atoms with Gasteiger partial charge in [-0.15, -0.1) is 0 Å². The third kappa shape index (κ3) is 12.0. The molecule has 3 aromatic heterocycles. The van der Waals surface area contributed by atoms with Crippen LogP contribution in [0.15, 0.2) is 91.0 Å². The molecule has 6 aromatic rings. The molecule has 15 nitrogen and oxygen atoms in total. The zero-order valence-electron chi connectivity index (χ0n) is 51.8. The Bertz CT molecular complexity index is 3620. The Labute approximate surface area is 507 Å². The fourth-order valence-corrected chi connectivity index (χ4v) is 15.0. The van der Waals surface area contributed by atoms with Gasteiger partial charge in [0.15, 0.2) is 17.3 Å². The molecule has 6 aliphatic rings. The Balaban J connectivity index is 0.000000143. The Hall–Kier alpha value is -7.26. The maximum Gasteiger partial charge on any atom is 0.178 e. The zero-order valence-corrected chi connectivity index (χ0v) is 51.8. The summed E-state index contributed by atoms with van der Waals surface area (Å²) in [6.45, 7) is 22.1. The molecule has 0 spiro atoms. The maximum atomic E-state index is 13.3. The number of ketones is 3. The lowest BCUT2D eigenvalue weighted by molar-refractivity contribution is 0.0864. The summed E-state index contributed by atoms with van der Waals surface area (Å²) < 4.78 is 6.43. The predicted octanol–water partition coefficient (Wildman–Crippen LogP) is 11.2. The second kappa shape index (κ2) is 25.2. The number of aliphatic hydroxyl groups excluding tert-OH is 3. The molecule has 0 amide bonds. The van der Waals surface area contributed by atoms with Crippen LogP contribution in [0.1, 0.15) is 206 Å². The number of carbonyl (C=O) groups is 3. The van der Waals surface area contributed by atoms with Crippen LogP contribution in [0.4, 0.5) is 0 Å². The lowest BCUT2D eigenvalue weighted by Crippen LogP contribution is -2.36. The van der Waals surface area contributed by atoms with E-state index in [0.717, 1.165) is 132 Å². The first-order valence-corrected chi connectivity index (χ1v) is 31.1. The number of nitrogens with zero attached hydrogens (tertiary/aromatic N) is 9. The summed E-state index contributed by atoms with van der Waals surface area (Å²) >= 11 is 0. The van der Waals surface area contributed by atoms with Gasteiger partial charge in [0, 0.05) is 110 Å². The Morgan fingerprint density at radius 1 is 0.500 bits per heavy atom. The molecule has 3 aromatic carbocycles. The summed E-state index contributed by atoms with van der Waals surface area (Å²) in [5, 5.41) is 57.8. The van der Waals surface area contributed by atoms with Gasteiger partial charge in [-0.1, -0.05) is 48.5 Å². The van der Waals surface area contributed by atoms with Crippen molar-refractivity contribution in [2.24, 2.45) is 0 Å². The highest BCUT2D eigenvalue weighted by Gasteiger charge is 2.48. The van der Waals surface area contributed by atoms with Gasteiger partial charge < -0.3 is 29.0 Å². The molecule has 0 aliphatic carbocycles. The number of hydrogen-bond donors (Lipinski definition) is 3. The first-order chi connectivity index (χ1) is 41.0. The average Bonchev–Trinajstić information content (AvgIpc) is 1.87. The molecule has 6 aliphatic heterocycles. The fraction of sp³-hybridized carbons (Fsp3) is 0.493. The van der Waals surface area contributed by atoms with Crippen molar-refractivity contribution in [3.05, 3.63) is 159 Å². The summed E-state index contributed by atoms with van der Waals surface area (Å²) in [6.07, 6.45) is 8.68. The number of aliphatic hydroxyl groups is 3. The Morgan fingerprint density at radius 3 is 1.10 bits per heavy atom. The molecule has 10 atom stereocenters. The molecule has 7 unspecified atom stereocenters. The number of rotatable bonds is 15. The van der Waals surface area contributed by atoms with Crippen LogP contribution in [0.2, 0.25) is 0 Å². The van der Waals surface area contributed by atoms with E-state index in [1.54, 1.807) is 0 Å². The molecule has 0 saturated carbocycles. The highest BCUT2D eigenvalue weighted by molar-refractivity contribution is 6.00. The van der Waals surface area contributed by atoms with E-state index < -0.39 is 0 Å². The number of benzene rings is 3. The normalized spacial score (nSPS) is 24.2. The van der Waals surface area contributed by atoms with Crippen LogP contribution in [-0.2, 0) is 5.41 Å². The van der Waals surface area contributed by atoms with Gasteiger partial charge in [-0.05, 0) is 188 Å². The number of hydrogen-bond acceptors (Lipinski definition) is 12. The molecule has 450 valence electrons. The van der Waals surface area contributed by atoms with Crippen LogP contribution in [0.3, 0.4) is 0 Å². The van der Waals surface area contributed by atoms with E-state index in [2.05, 4.69) is 101 Å². The van der Waals surface area contributed by atoms with E-state index in [1.807, 2.05) is 106 Å². The zero-order chi connectivity index (χ0) is 61.6. The van der Waals surface area contributed by atoms with Crippen molar-refractivity contribution in [1.82, 2.24) is 28.4 Å². The summed E-state index contributed by atoms with van der Waals surface area (Å²) in [5.41, 5.74) is 13.0. The number of carbonyl (C=O) groups excluding carboxylic acids is 3. The summed E-state index contributed by atoms with van der Waals surface area (Å²) in [7, 11) is 0. The number of Topliss-reactive ketones (excluding diaryl/α,β-unsaturated/α-hetero) is 3. The minimum Gasteiger partial charge on any atom is -0.391 e. The number of nitriles is 3. The molecular formula is C71H85N9O6. The van der Waals surface area contributed by atoms with Crippen molar-refractivity contribution in [3.8, 4) is 35.3 Å². The molecule has 3 N–H and O–H groups in total. The van der Waals surface area contributed by atoms with Crippen LogP contribution >= 0.6 is 0 Å². The van der Waals surface area contributed by atoms with Crippen LogP contribution < -0.4 is 0 Å². The number of fused-ring (bicyclic) bond motifs is 6. The van der Waals surface area contributed by atoms with Gasteiger partial charge in [0.25, 0.3) is 0 Å². The highest BCUT2D eigenvalue weighted by atomic mass is 16.3. The molecule has 9 heterocycles. The Morgan fingerprint density at radius 2 is 0.814 bits per heavy atom. The predicted molar refractivity (Wildman–Crippen MR) is 333 cm³/mol. The molecule has 12 rings (SSSR count). The van der Waals surface area contributed by atoms with Gasteiger partial charge in [0.05, 0.1) is 72.8 Å². The monoisotopic (exact) mass is 1160 g/mol. The maximum absolute atomic E-state index is 13.3. The fourth-order valence-electron chi connectivity index (χ4n) is 15.0. The van der Waals surface area contributed by atoms with Crippen LogP contribution in [0.25, 0.3) is 17.1 Å². The molecular weight excluding hydrogens is 1070 g/mol. The van der Waals surface area contributed by atoms with E-state index in [9.17, 15) is 29.7 Å². The molecule has 86 heavy (non-hydrogen) atoms. The van der Waals surface area contributed by atoms with E-state index in [1.165, 1.54) is 0 Å². The summed E-state index contributed by atoms with van der Waals surface area (Å²) in [5.74, 6) is 0.950. The lowest BCUT2D eigenvalue weighted by atomic mass is 9.91. The first-order valence-electron chi connectivity index (χ1n) is 31.1. The van der Waals surface area contributed by atoms with E-state index in [-0.39, 0.29) is 65.1 Å². The van der Waals surface area contributed by atoms with Crippen molar-refractivity contribution in [1.29, 1.82) is 15.8 Å². The quantitative estimate of drug-likeness (QED) is 0.0821. The van der Waals surface area contributed by atoms with Gasteiger partial charge in [-0.2, -0.15) is 15.8 Å². The van der Waals surface area contributed by atoms with Crippen molar-refractivity contribution < 1.29 is 29.7 Å². The lowest BCUT2D eigenvalue weighted by Gasteiger charge is -2.22. The molecule has 6 bridgehead atoms. The third-order valence-corrected chi connectivity index (χ3v) is 19.9. The molecule has 15 heteroatoms. The average molecular weight is 1160 g/mol. The van der Waals surface area contributed by atoms with Crippen molar-refractivity contribution in [2.45, 2.75) is 205 Å². The van der Waals surface area contributed by atoms with Crippen LogP contribution in [0.5, 0.6) is 0 Å². The summed E-state index contributed by atoms with van der Waals surface area (Å²) in [4.78, 5) is 46.4. The largest absolute Gasteiger partial charge is 0.391 e. The molecule has 0 radical (unpaired) electrons. The minimum absolute atomic E-state index is 0.117.